The van der Waals surface area contributed by atoms with E-state index < -0.39 is 0 Å². The predicted molar refractivity (Wildman–Crippen MR) is 57.0 cm³/mol. The Morgan fingerprint density at radius 1 is 1.21 bits per heavy atom. The van der Waals surface area contributed by atoms with Crippen molar-refractivity contribution in [2.24, 2.45) is 17.8 Å². The van der Waals surface area contributed by atoms with Gasteiger partial charge in [-0.15, -0.1) is 0 Å². The first-order chi connectivity index (χ1) is 6.63. The third-order valence-electron chi connectivity index (χ3n) is 3.22. The maximum absolute atomic E-state index is 11.7. The number of carbonyl (C=O) groups is 1. The molecule has 1 aliphatic rings. The number of carbonyl (C=O) groups excluding carboxylic acids is 1. The number of aliphatic hydroxyl groups excluding tert-OH is 1. The summed E-state index contributed by atoms with van der Waals surface area (Å²) in [5, 5.41) is 8.67. The second-order valence-corrected chi connectivity index (χ2v) is 4.91. The second-order valence-electron chi connectivity index (χ2n) is 4.91. The molecule has 14 heavy (non-hydrogen) atoms. The van der Waals surface area contributed by atoms with Gasteiger partial charge in [-0.3, -0.25) is 4.79 Å². The summed E-state index contributed by atoms with van der Waals surface area (Å²) in [4.78, 5) is 11.7. The quantitative estimate of drug-likeness (QED) is 0.753. The molecule has 0 bridgehead atoms. The summed E-state index contributed by atoms with van der Waals surface area (Å²) in [7, 11) is 0. The van der Waals surface area contributed by atoms with Crippen molar-refractivity contribution in [2.45, 2.75) is 46.0 Å². The summed E-state index contributed by atoms with van der Waals surface area (Å²) in [6.07, 6.45) is 4.60. The first-order valence-electron chi connectivity index (χ1n) is 5.77. The lowest BCUT2D eigenvalue weighted by molar-refractivity contribution is -0.125. The van der Waals surface area contributed by atoms with Crippen molar-refractivity contribution < 1.29 is 9.90 Å². The zero-order valence-corrected chi connectivity index (χ0v) is 9.33. The normalized spacial score (nSPS) is 32.9. The molecule has 2 nitrogen and oxygen atoms in total. The van der Waals surface area contributed by atoms with Crippen molar-refractivity contribution >= 4 is 5.78 Å². The molecule has 0 aliphatic heterocycles. The van der Waals surface area contributed by atoms with Gasteiger partial charge in [-0.25, -0.2) is 0 Å². The van der Waals surface area contributed by atoms with Crippen LogP contribution in [-0.4, -0.2) is 17.5 Å². The molecule has 0 aromatic rings. The minimum absolute atomic E-state index is 0.142. The fourth-order valence-electron chi connectivity index (χ4n) is 2.67. The zero-order chi connectivity index (χ0) is 10.6. The number of Topliss-reactive ketones (excluding diaryl/α,β-unsaturated/α-hetero) is 1. The summed E-state index contributed by atoms with van der Waals surface area (Å²) >= 11 is 0. The smallest absolute Gasteiger partial charge is 0.136 e. The highest BCUT2D eigenvalue weighted by Crippen LogP contribution is 2.33. The van der Waals surface area contributed by atoms with Crippen molar-refractivity contribution in [3.63, 3.8) is 0 Å². The van der Waals surface area contributed by atoms with Gasteiger partial charge in [0.05, 0.1) is 0 Å². The SMILES string of the molecule is CC1CC(C)CC(C(=O)CCCO)C1. The molecule has 2 atom stereocenters. The van der Waals surface area contributed by atoms with E-state index in [1.807, 2.05) is 0 Å². The molecule has 0 radical (unpaired) electrons. The lowest BCUT2D eigenvalue weighted by atomic mass is 9.74. The Hall–Kier alpha value is -0.370. The molecule has 1 N–H and O–H groups in total. The van der Waals surface area contributed by atoms with Gasteiger partial charge in [-0.2, -0.15) is 0 Å². The monoisotopic (exact) mass is 198 g/mol. The van der Waals surface area contributed by atoms with E-state index in [0.29, 0.717) is 30.5 Å². The topological polar surface area (TPSA) is 37.3 Å². The van der Waals surface area contributed by atoms with Gasteiger partial charge in [0.25, 0.3) is 0 Å². The van der Waals surface area contributed by atoms with Crippen LogP contribution in [0.25, 0.3) is 0 Å². The molecule has 82 valence electrons. The molecular weight excluding hydrogens is 176 g/mol. The van der Waals surface area contributed by atoms with Gasteiger partial charge >= 0.3 is 0 Å². The van der Waals surface area contributed by atoms with Crippen molar-refractivity contribution in [2.75, 3.05) is 6.61 Å². The van der Waals surface area contributed by atoms with E-state index in [1.54, 1.807) is 0 Å². The minimum atomic E-state index is 0.142. The first kappa shape index (κ1) is 11.7. The van der Waals surface area contributed by atoms with E-state index in [0.717, 1.165) is 12.8 Å². The molecule has 0 amide bonds. The molecule has 1 aliphatic carbocycles. The van der Waals surface area contributed by atoms with Gasteiger partial charge in [-0.1, -0.05) is 13.8 Å². The maximum Gasteiger partial charge on any atom is 0.136 e. The molecule has 1 rings (SSSR count). The van der Waals surface area contributed by atoms with Crippen LogP contribution in [-0.2, 0) is 4.79 Å². The number of rotatable bonds is 4. The van der Waals surface area contributed by atoms with E-state index in [9.17, 15) is 4.79 Å². The molecule has 0 aromatic heterocycles. The fourth-order valence-corrected chi connectivity index (χ4v) is 2.67. The average molecular weight is 198 g/mol. The Bertz CT molecular complexity index is 179. The molecule has 2 unspecified atom stereocenters. The van der Waals surface area contributed by atoms with Crippen LogP contribution in [0, 0.1) is 17.8 Å². The van der Waals surface area contributed by atoms with Crippen LogP contribution < -0.4 is 0 Å². The lowest BCUT2D eigenvalue weighted by Gasteiger charge is -2.30. The highest BCUT2D eigenvalue weighted by Gasteiger charge is 2.28. The van der Waals surface area contributed by atoms with Crippen LogP contribution in [0.5, 0.6) is 0 Å². The summed E-state index contributed by atoms with van der Waals surface area (Å²) < 4.78 is 0. The Morgan fingerprint density at radius 2 is 1.79 bits per heavy atom. The van der Waals surface area contributed by atoms with Gasteiger partial charge in [0.2, 0.25) is 0 Å². The van der Waals surface area contributed by atoms with Crippen LogP contribution in [0.1, 0.15) is 46.0 Å². The summed E-state index contributed by atoms with van der Waals surface area (Å²) in [6, 6.07) is 0. The van der Waals surface area contributed by atoms with Gasteiger partial charge < -0.3 is 5.11 Å². The van der Waals surface area contributed by atoms with E-state index in [4.69, 9.17) is 5.11 Å². The molecule has 2 heteroatoms. The molecule has 0 saturated heterocycles. The third-order valence-corrected chi connectivity index (χ3v) is 3.22. The van der Waals surface area contributed by atoms with E-state index in [2.05, 4.69) is 13.8 Å². The predicted octanol–water partition coefficient (Wildman–Crippen LogP) is 2.40. The van der Waals surface area contributed by atoms with Crippen molar-refractivity contribution in [1.29, 1.82) is 0 Å². The van der Waals surface area contributed by atoms with Crippen LogP contribution in [0.2, 0.25) is 0 Å². The number of hydrogen-bond acceptors (Lipinski definition) is 2. The van der Waals surface area contributed by atoms with Crippen molar-refractivity contribution in [1.82, 2.24) is 0 Å². The molecule has 1 fully saturated rings. The van der Waals surface area contributed by atoms with E-state index in [1.165, 1.54) is 6.42 Å². The minimum Gasteiger partial charge on any atom is -0.396 e. The summed E-state index contributed by atoms with van der Waals surface area (Å²) in [6.45, 7) is 4.62. The van der Waals surface area contributed by atoms with Crippen molar-refractivity contribution in [3.8, 4) is 0 Å². The number of hydrogen-bond donors (Lipinski definition) is 1. The van der Waals surface area contributed by atoms with Crippen LogP contribution in [0.3, 0.4) is 0 Å². The number of ketones is 1. The molecule has 0 aromatic carbocycles. The highest BCUT2D eigenvalue weighted by atomic mass is 16.3. The third kappa shape index (κ3) is 3.41. The Labute approximate surface area is 86.7 Å². The van der Waals surface area contributed by atoms with Gasteiger partial charge in [0.15, 0.2) is 0 Å². The Morgan fingerprint density at radius 3 is 2.29 bits per heavy atom. The molecular formula is C12H22O2. The molecule has 1 saturated carbocycles. The first-order valence-corrected chi connectivity index (χ1v) is 5.77. The van der Waals surface area contributed by atoms with Gasteiger partial charge in [0.1, 0.15) is 5.78 Å². The average Bonchev–Trinajstić information content (AvgIpc) is 2.12. The highest BCUT2D eigenvalue weighted by molar-refractivity contribution is 5.81. The van der Waals surface area contributed by atoms with Crippen molar-refractivity contribution in [3.05, 3.63) is 0 Å². The summed E-state index contributed by atoms with van der Waals surface area (Å²) in [5.41, 5.74) is 0. The molecule has 0 spiro atoms. The van der Waals surface area contributed by atoms with Crippen LogP contribution in [0.15, 0.2) is 0 Å². The van der Waals surface area contributed by atoms with Gasteiger partial charge in [-0.05, 0) is 37.5 Å². The Kier molecular flexibility index (Phi) is 4.59. The van der Waals surface area contributed by atoms with Crippen LogP contribution in [0.4, 0.5) is 0 Å². The van der Waals surface area contributed by atoms with Crippen LogP contribution >= 0.6 is 0 Å². The Balaban J connectivity index is 2.38. The second kappa shape index (κ2) is 5.50. The largest absolute Gasteiger partial charge is 0.396 e. The maximum atomic E-state index is 11.7. The van der Waals surface area contributed by atoms with E-state index >= 15 is 0 Å². The van der Waals surface area contributed by atoms with E-state index in [-0.39, 0.29) is 12.5 Å². The lowest BCUT2D eigenvalue weighted by Crippen LogP contribution is -2.26. The number of aliphatic hydroxyl groups is 1. The fraction of sp³-hybridized carbons (Fsp3) is 0.917. The standard InChI is InChI=1S/C12H22O2/c1-9-6-10(2)8-11(7-9)12(14)4-3-5-13/h9-11,13H,3-8H2,1-2H3. The molecule has 0 heterocycles. The van der Waals surface area contributed by atoms with Gasteiger partial charge in [0, 0.05) is 18.9 Å². The zero-order valence-electron chi connectivity index (χ0n) is 9.33. The summed E-state index contributed by atoms with van der Waals surface area (Å²) in [5.74, 6) is 2.04.